The minimum Gasteiger partial charge on any atom is -0.444 e. The average molecular weight is 614 g/mol. The molecular formula is C17H23F3I2N2O3. The highest BCUT2D eigenvalue weighted by molar-refractivity contribution is 14.2. The van der Waals surface area contributed by atoms with Gasteiger partial charge >= 0.3 is 6.09 Å². The summed E-state index contributed by atoms with van der Waals surface area (Å²) in [5.41, 5.74) is -3.30. The number of hydrogen-bond donors (Lipinski definition) is 2. The van der Waals surface area contributed by atoms with Gasteiger partial charge in [-0.05, 0) is 41.4 Å². The molecule has 0 radical (unpaired) electrons. The van der Waals surface area contributed by atoms with Crippen molar-refractivity contribution in [3.05, 3.63) is 21.8 Å². The zero-order valence-corrected chi connectivity index (χ0v) is 19.8. The summed E-state index contributed by atoms with van der Waals surface area (Å²) < 4.78 is 50.3. The van der Waals surface area contributed by atoms with E-state index in [9.17, 15) is 22.8 Å². The molecule has 154 valence electrons. The quantitative estimate of drug-likeness (QED) is 0.275. The summed E-state index contributed by atoms with van der Waals surface area (Å²) in [7, 11) is 0. The first-order valence-electron chi connectivity index (χ1n) is 8.01. The van der Waals surface area contributed by atoms with Crippen LogP contribution in [0.5, 0.6) is 0 Å². The number of alkyl carbamates (subject to hydrolysis) is 1. The van der Waals surface area contributed by atoms with Crippen LogP contribution in [0.1, 0.15) is 33.6 Å². The predicted molar refractivity (Wildman–Crippen MR) is 117 cm³/mol. The fourth-order valence-electron chi connectivity index (χ4n) is 2.42. The number of rotatable bonds is 5. The molecule has 2 amide bonds. The van der Waals surface area contributed by atoms with Crippen LogP contribution in [0, 0.1) is 0 Å². The minimum absolute atomic E-state index is 0.106. The number of halogens is 5. The van der Waals surface area contributed by atoms with E-state index in [1.807, 2.05) is 27.5 Å². The second-order valence-electron chi connectivity index (χ2n) is 6.85. The molecule has 1 rings (SSSR count). The molecule has 0 aromatic carbocycles. The Hall–Kier alpha value is -0.660. The summed E-state index contributed by atoms with van der Waals surface area (Å²) in [6.07, 6.45) is 0.789. The molecule has 0 aliphatic carbocycles. The molecule has 0 saturated carbocycles. The van der Waals surface area contributed by atoms with Gasteiger partial charge in [-0.2, -0.15) is 0 Å². The molecule has 2 N–H and O–H groups in total. The van der Waals surface area contributed by atoms with Crippen molar-refractivity contribution in [1.29, 1.82) is 0 Å². The lowest BCUT2D eigenvalue weighted by atomic mass is 9.79. The molecule has 0 aromatic rings. The first-order chi connectivity index (χ1) is 12.4. The molecule has 1 saturated heterocycles. The lowest BCUT2D eigenvalue weighted by Crippen LogP contribution is -2.66. The van der Waals surface area contributed by atoms with E-state index < -0.39 is 62.9 Å². The molecule has 1 atom stereocenters. The number of alkyl halides is 4. The Balaban J connectivity index is 3.31. The third-order valence-corrected chi connectivity index (χ3v) is 5.79. The number of carbonyl (C=O) groups is 2. The first kappa shape index (κ1) is 24.4. The van der Waals surface area contributed by atoms with Gasteiger partial charge in [0.15, 0.2) is 5.54 Å². The lowest BCUT2D eigenvalue weighted by Gasteiger charge is -2.43. The van der Waals surface area contributed by atoms with Crippen molar-refractivity contribution < 1.29 is 27.5 Å². The predicted octanol–water partition coefficient (Wildman–Crippen LogP) is 4.37. The third-order valence-electron chi connectivity index (χ3n) is 3.69. The largest absolute Gasteiger partial charge is 0.444 e. The van der Waals surface area contributed by atoms with Crippen LogP contribution in [0.15, 0.2) is 21.8 Å². The topological polar surface area (TPSA) is 67.4 Å². The van der Waals surface area contributed by atoms with E-state index in [1.165, 1.54) is 16.2 Å². The van der Waals surface area contributed by atoms with Crippen LogP contribution in [0.25, 0.3) is 0 Å². The molecule has 1 aliphatic heterocycles. The Bertz CT molecular complexity index is 673. The SMILES string of the molecule is CI=C(/C=C(\C=C/I)[C@@]1(CF)NC(=O)CCC1(F)F)NC(=O)OC(C)(C)C. The van der Waals surface area contributed by atoms with Gasteiger partial charge in [-0.15, -0.1) is 0 Å². The van der Waals surface area contributed by atoms with Gasteiger partial charge in [0.2, 0.25) is 5.91 Å². The normalized spacial score (nSPS) is 24.2. The molecule has 27 heavy (non-hydrogen) atoms. The number of hydrogen-bond acceptors (Lipinski definition) is 3. The summed E-state index contributed by atoms with van der Waals surface area (Å²) in [6, 6.07) is 0. The van der Waals surface area contributed by atoms with Crippen molar-refractivity contribution in [3.8, 4) is 0 Å². The Morgan fingerprint density at radius 1 is 1.44 bits per heavy atom. The van der Waals surface area contributed by atoms with E-state index in [0.717, 1.165) is 0 Å². The molecule has 0 bridgehead atoms. The van der Waals surface area contributed by atoms with Gasteiger partial charge in [0, 0.05) is 12.8 Å². The summed E-state index contributed by atoms with van der Waals surface area (Å²) in [5.74, 6) is -4.11. The fourth-order valence-corrected chi connectivity index (χ4v) is 3.95. The van der Waals surface area contributed by atoms with E-state index in [1.54, 1.807) is 20.8 Å². The van der Waals surface area contributed by atoms with E-state index in [4.69, 9.17) is 4.74 Å². The first-order valence-corrected chi connectivity index (χ1v) is 12.5. The van der Waals surface area contributed by atoms with Crippen molar-refractivity contribution in [1.82, 2.24) is 10.6 Å². The van der Waals surface area contributed by atoms with Crippen molar-refractivity contribution in [2.24, 2.45) is 0 Å². The standard InChI is InChI=1S/C17H23F3I2N2O3/c1-15(2,3)27-14(26)23-12(22-4)9-11(6-8-21)16(10-18)17(19,20)7-5-13(25)24-16/h6,8-9H,5,7,10H2,1-4H3,(H,23,26)(H,24,25)/b8-6-,11-9+/t16-/m1/s1. The van der Waals surface area contributed by atoms with Gasteiger partial charge in [-0.1, -0.05) is 49.4 Å². The Kier molecular flexibility index (Phi) is 8.76. The molecular weight excluding hydrogens is 591 g/mol. The van der Waals surface area contributed by atoms with E-state index in [2.05, 4.69) is 10.6 Å². The Morgan fingerprint density at radius 3 is 2.56 bits per heavy atom. The zero-order valence-electron chi connectivity index (χ0n) is 15.5. The highest BCUT2D eigenvalue weighted by Gasteiger charge is 2.59. The van der Waals surface area contributed by atoms with E-state index in [-0.39, 0.29) is 12.0 Å². The van der Waals surface area contributed by atoms with Gasteiger partial charge in [-0.25, -0.2) is 18.0 Å². The maximum atomic E-state index is 14.7. The summed E-state index contributed by atoms with van der Waals surface area (Å²) in [5, 5.41) is 4.69. The molecule has 0 aromatic heterocycles. The van der Waals surface area contributed by atoms with Crippen molar-refractivity contribution in [3.63, 3.8) is 0 Å². The van der Waals surface area contributed by atoms with Crippen LogP contribution in [0.3, 0.4) is 0 Å². The van der Waals surface area contributed by atoms with Gasteiger partial charge in [-0.3, -0.25) is 10.1 Å². The van der Waals surface area contributed by atoms with Crippen LogP contribution in [0.2, 0.25) is 0 Å². The van der Waals surface area contributed by atoms with Gasteiger partial charge < -0.3 is 10.1 Å². The van der Waals surface area contributed by atoms with Crippen molar-refractivity contribution in [2.45, 2.75) is 50.7 Å². The summed E-state index contributed by atoms with van der Waals surface area (Å²) in [6.45, 7) is 3.62. The van der Waals surface area contributed by atoms with Crippen LogP contribution in [-0.4, -0.2) is 44.3 Å². The van der Waals surface area contributed by atoms with Crippen LogP contribution >= 0.6 is 43.3 Å². The second kappa shape index (κ2) is 9.70. The number of carbonyl (C=O) groups excluding carboxylic acids is 2. The molecule has 0 unspecified atom stereocenters. The Labute approximate surface area is 180 Å². The number of piperidine rings is 1. The van der Waals surface area contributed by atoms with Crippen LogP contribution in [-0.2, 0) is 9.53 Å². The van der Waals surface area contributed by atoms with E-state index >= 15 is 0 Å². The summed E-state index contributed by atoms with van der Waals surface area (Å²) in [4.78, 5) is 25.6. The number of ether oxygens (including phenoxy) is 1. The molecule has 10 heteroatoms. The van der Waals surface area contributed by atoms with Gasteiger partial charge in [0.05, 0.1) is 3.63 Å². The average Bonchev–Trinajstić information content (AvgIpc) is 2.54. The monoisotopic (exact) mass is 614 g/mol. The molecule has 1 fully saturated rings. The zero-order chi connectivity index (χ0) is 20.9. The van der Waals surface area contributed by atoms with Gasteiger partial charge in [0.25, 0.3) is 5.92 Å². The fraction of sp³-hybridized carbons (Fsp3) is 0.588. The number of nitrogens with one attached hydrogen (secondary N) is 2. The molecule has 1 aliphatic rings. The van der Waals surface area contributed by atoms with Gasteiger partial charge in [0.1, 0.15) is 12.3 Å². The third kappa shape index (κ3) is 6.43. The minimum atomic E-state index is -3.47. The lowest BCUT2D eigenvalue weighted by molar-refractivity contribution is -0.146. The van der Waals surface area contributed by atoms with Crippen LogP contribution < -0.4 is 10.6 Å². The van der Waals surface area contributed by atoms with Crippen molar-refractivity contribution in [2.75, 3.05) is 11.6 Å². The summed E-state index contributed by atoms with van der Waals surface area (Å²) >= 11 is 1.07. The van der Waals surface area contributed by atoms with E-state index in [0.29, 0.717) is 3.63 Å². The van der Waals surface area contributed by atoms with Crippen molar-refractivity contribution >= 4 is 59.0 Å². The highest BCUT2D eigenvalue weighted by atomic mass is 127. The Morgan fingerprint density at radius 2 is 2.07 bits per heavy atom. The molecule has 5 nitrogen and oxygen atoms in total. The highest BCUT2D eigenvalue weighted by Crippen LogP contribution is 2.42. The second-order valence-corrected chi connectivity index (χ2v) is 9.81. The molecule has 0 spiro atoms. The van der Waals surface area contributed by atoms with Crippen LogP contribution in [0.4, 0.5) is 18.0 Å². The maximum absolute atomic E-state index is 14.7. The molecule has 1 heterocycles. The smallest absolute Gasteiger partial charge is 0.412 e. The number of amides is 2. The maximum Gasteiger partial charge on any atom is 0.412 e.